The van der Waals surface area contributed by atoms with Crippen LogP contribution in [0.25, 0.3) is 0 Å². The van der Waals surface area contributed by atoms with Gasteiger partial charge in [0.25, 0.3) is 0 Å². The summed E-state index contributed by atoms with van der Waals surface area (Å²) in [6.45, 7) is 4.41. The second-order valence-electron chi connectivity index (χ2n) is 5.44. The van der Waals surface area contributed by atoms with Crippen molar-refractivity contribution in [3.05, 3.63) is 24.0 Å². The number of rotatable bonds is 4. The van der Waals surface area contributed by atoms with E-state index in [1.165, 1.54) is 25.7 Å². The predicted molar refractivity (Wildman–Crippen MR) is 73.8 cm³/mol. The maximum absolute atomic E-state index is 6.01. The van der Waals surface area contributed by atoms with Crippen molar-refractivity contribution in [1.82, 2.24) is 10.3 Å². The van der Waals surface area contributed by atoms with Crippen LogP contribution in [0.4, 0.5) is 0 Å². The van der Waals surface area contributed by atoms with E-state index in [4.69, 9.17) is 4.74 Å². The van der Waals surface area contributed by atoms with Gasteiger partial charge in [-0.3, -0.25) is 4.98 Å². The minimum Gasteiger partial charge on any atom is -0.489 e. The highest BCUT2D eigenvalue weighted by atomic mass is 16.5. The van der Waals surface area contributed by atoms with Gasteiger partial charge in [0.1, 0.15) is 5.75 Å². The van der Waals surface area contributed by atoms with Gasteiger partial charge in [-0.25, -0.2) is 0 Å². The largest absolute Gasteiger partial charge is 0.489 e. The Morgan fingerprint density at radius 1 is 1.39 bits per heavy atom. The summed E-state index contributed by atoms with van der Waals surface area (Å²) in [6.07, 6.45) is 7.21. The Morgan fingerprint density at radius 3 is 2.83 bits per heavy atom. The van der Waals surface area contributed by atoms with Crippen molar-refractivity contribution >= 4 is 0 Å². The van der Waals surface area contributed by atoms with E-state index in [0.717, 1.165) is 17.4 Å². The molecule has 0 radical (unpaired) electrons. The molecular weight excluding hydrogens is 224 g/mol. The molecule has 2 rings (SSSR count). The molecular formula is C15H24N2O. The quantitative estimate of drug-likeness (QED) is 0.887. The molecule has 1 aromatic heterocycles. The van der Waals surface area contributed by atoms with Gasteiger partial charge in [-0.1, -0.05) is 13.3 Å². The van der Waals surface area contributed by atoms with Gasteiger partial charge >= 0.3 is 0 Å². The van der Waals surface area contributed by atoms with Gasteiger partial charge in [0, 0.05) is 6.04 Å². The SMILES string of the molecule is CNC(C)c1ccc(OC2CCCC(C)C2)cn1. The van der Waals surface area contributed by atoms with Gasteiger partial charge < -0.3 is 10.1 Å². The number of nitrogens with one attached hydrogen (secondary N) is 1. The Balaban J connectivity index is 1.93. The third kappa shape index (κ3) is 3.45. The Bertz CT molecular complexity index is 363. The van der Waals surface area contributed by atoms with Crippen LogP contribution >= 0.6 is 0 Å². The molecule has 1 aromatic rings. The minimum atomic E-state index is 0.286. The van der Waals surface area contributed by atoms with Gasteiger partial charge in [-0.2, -0.15) is 0 Å². The molecule has 1 N–H and O–H groups in total. The fourth-order valence-corrected chi connectivity index (χ4v) is 2.54. The zero-order valence-electron chi connectivity index (χ0n) is 11.6. The minimum absolute atomic E-state index is 0.286. The molecule has 0 spiro atoms. The van der Waals surface area contributed by atoms with E-state index in [1.807, 2.05) is 25.4 Å². The molecule has 1 aliphatic rings. The molecule has 100 valence electrons. The van der Waals surface area contributed by atoms with Crippen LogP contribution in [0.2, 0.25) is 0 Å². The van der Waals surface area contributed by atoms with E-state index in [9.17, 15) is 0 Å². The molecule has 3 atom stereocenters. The lowest BCUT2D eigenvalue weighted by Gasteiger charge is -2.27. The highest BCUT2D eigenvalue weighted by molar-refractivity contribution is 5.21. The molecule has 3 nitrogen and oxygen atoms in total. The Labute approximate surface area is 110 Å². The maximum atomic E-state index is 6.01. The molecule has 1 heterocycles. The molecule has 3 heteroatoms. The monoisotopic (exact) mass is 248 g/mol. The zero-order chi connectivity index (χ0) is 13.0. The average Bonchev–Trinajstić information content (AvgIpc) is 2.39. The van der Waals surface area contributed by atoms with Crippen molar-refractivity contribution in [3.63, 3.8) is 0 Å². The smallest absolute Gasteiger partial charge is 0.138 e. The summed E-state index contributed by atoms with van der Waals surface area (Å²) in [7, 11) is 1.94. The third-order valence-electron chi connectivity index (χ3n) is 3.83. The standard InChI is InChI=1S/C15H24N2O/c1-11-5-4-6-13(9-11)18-14-7-8-15(17-10-14)12(2)16-3/h7-8,10-13,16H,4-6,9H2,1-3H3. The second-order valence-corrected chi connectivity index (χ2v) is 5.44. The lowest BCUT2D eigenvalue weighted by Crippen LogP contribution is -2.24. The summed E-state index contributed by atoms with van der Waals surface area (Å²) < 4.78 is 6.01. The lowest BCUT2D eigenvalue weighted by atomic mass is 9.89. The highest BCUT2D eigenvalue weighted by Crippen LogP contribution is 2.27. The average molecular weight is 248 g/mol. The van der Waals surface area contributed by atoms with E-state index in [-0.39, 0.29) is 6.04 Å². The normalized spacial score (nSPS) is 25.7. The fraction of sp³-hybridized carbons (Fsp3) is 0.667. The van der Waals surface area contributed by atoms with Crippen LogP contribution in [0, 0.1) is 5.92 Å². The second kappa shape index (κ2) is 6.19. The lowest BCUT2D eigenvalue weighted by molar-refractivity contribution is 0.128. The van der Waals surface area contributed by atoms with Gasteiger partial charge in [-0.15, -0.1) is 0 Å². The van der Waals surface area contributed by atoms with Crippen molar-refractivity contribution in [3.8, 4) is 5.75 Å². The molecule has 0 saturated heterocycles. The third-order valence-corrected chi connectivity index (χ3v) is 3.83. The molecule has 0 aromatic carbocycles. The van der Waals surface area contributed by atoms with Crippen LogP contribution in [-0.4, -0.2) is 18.1 Å². The first-order valence-electron chi connectivity index (χ1n) is 6.99. The molecule has 0 bridgehead atoms. The molecule has 1 aliphatic carbocycles. The predicted octanol–water partition coefficient (Wildman–Crippen LogP) is 3.32. The molecule has 0 aliphatic heterocycles. The van der Waals surface area contributed by atoms with E-state index in [2.05, 4.69) is 24.1 Å². The molecule has 18 heavy (non-hydrogen) atoms. The van der Waals surface area contributed by atoms with Crippen LogP contribution in [-0.2, 0) is 0 Å². The fourth-order valence-electron chi connectivity index (χ4n) is 2.54. The molecule has 3 unspecified atom stereocenters. The van der Waals surface area contributed by atoms with Gasteiger partial charge in [0.05, 0.1) is 18.0 Å². The Kier molecular flexibility index (Phi) is 4.59. The summed E-state index contributed by atoms with van der Waals surface area (Å²) >= 11 is 0. The highest BCUT2D eigenvalue weighted by Gasteiger charge is 2.20. The van der Waals surface area contributed by atoms with Crippen molar-refractivity contribution in [2.24, 2.45) is 5.92 Å². The van der Waals surface area contributed by atoms with Gasteiger partial charge in [0.2, 0.25) is 0 Å². The topological polar surface area (TPSA) is 34.1 Å². The van der Waals surface area contributed by atoms with Crippen LogP contribution in [0.15, 0.2) is 18.3 Å². The summed E-state index contributed by atoms with van der Waals surface area (Å²) in [6, 6.07) is 4.37. The Morgan fingerprint density at radius 2 is 2.22 bits per heavy atom. The van der Waals surface area contributed by atoms with Gasteiger partial charge in [0.15, 0.2) is 0 Å². The first kappa shape index (κ1) is 13.3. The van der Waals surface area contributed by atoms with Crippen LogP contribution in [0.5, 0.6) is 5.75 Å². The van der Waals surface area contributed by atoms with Crippen molar-refractivity contribution in [2.45, 2.75) is 51.7 Å². The van der Waals surface area contributed by atoms with E-state index in [0.29, 0.717) is 6.10 Å². The zero-order valence-corrected chi connectivity index (χ0v) is 11.6. The number of aromatic nitrogens is 1. The van der Waals surface area contributed by atoms with Crippen molar-refractivity contribution in [1.29, 1.82) is 0 Å². The number of pyridine rings is 1. The number of hydrogen-bond acceptors (Lipinski definition) is 3. The number of nitrogens with zero attached hydrogens (tertiary/aromatic N) is 1. The van der Waals surface area contributed by atoms with Crippen LogP contribution in [0.3, 0.4) is 0 Å². The van der Waals surface area contributed by atoms with Crippen molar-refractivity contribution in [2.75, 3.05) is 7.05 Å². The summed E-state index contributed by atoms with van der Waals surface area (Å²) in [4.78, 5) is 4.45. The van der Waals surface area contributed by atoms with E-state index >= 15 is 0 Å². The Hall–Kier alpha value is -1.09. The van der Waals surface area contributed by atoms with E-state index in [1.54, 1.807) is 0 Å². The van der Waals surface area contributed by atoms with E-state index < -0.39 is 0 Å². The summed E-state index contributed by atoms with van der Waals surface area (Å²) in [5.41, 5.74) is 1.06. The molecule has 1 saturated carbocycles. The first-order valence-corrected chi connectivity index (χ1v) is 6.99. The number of hydrogen-bond donors (Lipinski definition) is 1. The summed E-state index contributed by atoms with van der Waals surface area (Å²) in [5.74, 6) is 1.70. The molecule has 0 amide bonds. The number of ether oxygens (including phenoxy) is 1. The maximum Gasteiger partial charge on any atom is 0.138 e. The van der Waals surface area contributed by atoms with Crippen molar-refractivity contribution < 1.29 is 4.74 Å². The van der Waals surface area contributed by atoms with Crippen LogP contribution < -0.4 is 10.1 Å². The first-order chi connectivity index (χ1) is 8.69. The summed E-state index contributed by atoms with van der Waals surface area (Å²) in [5, 5.41) is 3.18. The molecule has 1 fully saturated rings. The van der Waals surface area contributed by atoms with Gasteiger partial charge in [-0.05, 0) is 51.3 Å². The van der Waals surface area contributed by atoms with Crippen LogP contribution in [0.1, 0.15) is 51.3 Å².